The van der Waals surface area contributed by atoms with Crippen LogP contribution >= 0.6 is 11.6 Å². The van der Waals surface area contributed by atoms with Crippen LogP contribution in [0.2, 0.25) is 5.02 Å². The molecule has 1 heterocycles. The minimum absolute atomic E-state index is 0.0357. The van der Waals surface area contributed by atoms with Gasteiger partial charge in [0.05, 0.1) is 5.52 Å². The van der Waals surface area contributed by atoms with Crippen LogP contribution in [0.5, 0.6) is 5.88 Å². The van der Waals surface area contributed by atoms with Crippen LogP contribution in [-0.4, -0.2) is 9.67 Å². The Balaban J connectivity index is 2.85. The third-order valence-corrected chi connectivity index (χ3v) is 2.61. The molecule has 0 unspecified atom stereocenters. The number of aromatic hydroxyl groups is 1. The fourth-order valence-electron chi connectivity index (χ4n) is 1.69. The van der Waals surface area contributed by atoms with Gasteiger partial charge in [-0.3, -0.25) is 0 Å². The van der Waals surface area contributed by atoms with Crippen LogP contribution in [0.1, 0.15) is 0 Å². The third kappa shape index (κ3) is 1.47. The first kappa shape index (κ1) is 10.7. The number of allylic oxidation sites excluding steroid dienone is 1. The lowest BCUT2D eigenvalue weighted by Gasteiger charge is -2.02. The minimum Gasteiger partial charge on any atom is -0.493 e. The average molecular weight is 237 g/mol. The summed E-state index contributed by atoms with van der Waals surface area (Å²) in [5.41, 5.74) is 0.702. The monoisotopic (exact) mass is 236 g/mol. The first-order valence-corrected chi connectivity index (χ1v) is 5.01. The third-order valence-electron chi connectivity index (χ3n) is 2.38. The SMILES string of the molecule is C=CCn1c(O)c(N=O)c2ccc(Cl)cc21. The molecule has 82 valence electrons. The van der Waals surface area contributed by atoms with Gasteiger partial charge in [-0.05, 0) is 23.4 Å². The Morgan fingerprint density at radius 3 is 2.94 bits per heavy atom. The summed E-state index contributed by atoms with van der Waals surface area (Å²) < 4.78 is 1.53. The Morgan fingerprint density at radius 2 is 2.31 bits per heavy atom. The van der Waals surface area contributed by atoms with Crippen LogP contribution in [0.25, 0.3) is 10.9 Å². The molecule has 0 saturated heterocycles. The first-order chi connectivity index (χ1) is 7.69. The highest BCUT2D eigenvalue weighted by molar-refractivity contribution is 6.31. The summed E-state index contributed by atoms with van der Waals surface area (Å²) in [5, 5.41) is 13.8. The maximum absolute atomic E-state index is 10.7. The lowest BCUT2D eigenvalue weighted by Crippen LogP contribution is -1.93. The van der Waals surface area contributed by atoms with E-state index >= 15 is 0 Å². The van der Waals surface area contributed by atoms with Gasteiger partial charge in [-0.1, -0.05) is 17.7 Å². The molecule has 0 aliphatic rings. The van der Waals surface area contributed by atoms with Crippen molar-refractivity contribution in [2.24, 2.45) is 5.18 Å². The van der Waals surface area contributed by atoms with Gasteiger partial charge in [0, 0.05) is 17.0 Å². The molecule has 0 radical (unpaired) electrons. The van der Waals surface area contributed by atoms with Gasteiger partial charge in [-0.15, -0.1) is 11.5 Å². The molecule has 2 aromatic rings. The van der Waals surface area contributed by atoms with Crippen LogP contribution in [0.4, 0.5) is 5.69 Å². The highest BCUT2D eigenvalue weighted by Crippen LogP contribution is 2.39. The van der Waals surface area contributed by atoms with Gasteiger partial charge in [0.15, 0.2) is 5.69 Å². The topological polar surface area (TPSA) is 54.6 Å². The van der Waals surface area contributed by atoms with Crippen molar-refractivity contribution >= 4 is 28.2 Å². The van der Waals surface area contributed by atoms with Crippen molar-refractivity contribution in [3.05, 3.63) is 40.8 Å². The normalized spacial score (nSPS) is 10.6. The molecule has 0 aliphatic heterocycles. The highest BCUT2D eigenvalue weighted by Gasteiger charge is 2.16. The number of halogens is 1. The Morgan fingerprint density at radius 1 is 1.56 bits per heavy atom. The Hall–Kier alpha value is -1.81. The van der Waals surface area contributed by atoms with Gasteiger partial charge in [0.25, 0.3) is 0 Å². The lowest BCUT2D eigenvalue weighted by molar-refractivity contribution is 0.431. The van der Waals surface area contributed by atoms with E-state index in [1.54, 1.807) is 24.3 Å². The second-order valence-electron chi connectivity index (χ2n) is 3.32. The second-order valence-corrected chi connectivity index (χ2v) is 3.76. The molecule has 2 rings (SSSR count). The van der Waals surface area contributed by atoms with Crippen molar-refractivity contribution in [3.63, 3.8) is 0 Å². The number of nitrogens with zero attached hydrogens (tertiary/aromatic N) is 2. The minimum atomic E-state index is -0.160. The molecular weight excluding hydrogens is 228 g/mol. The zero-order chi connectivity index (χ0) is 11.7. The average Bonchev–Trinajstić information content (AvgIpc) is 2.52. The zero-order valence-corrected chi connectivity index (χ0v) is 9.11. The van der Waals surface area contributed by atoms with Crippen LogP contribution in [0.15, 0.2) is 36.0 Å². The molecule has 0 spiro atoms. The lowest BCUT2D eigenvalue weighted by atomic mass is 10.2. The fraction of sp³-hybridized carbons (Fsp3) is 0.0909. The van der Waals surface area contributed by atoms with E-state index < -0.39 is 0 Å². The number of hydrogen-bond donors (Lipinski definition) is 1. The van der Waals surface area contributed by atoms with E-state index in [4.69, 9.17) is 11.6 Å². The Kier molecular flexibility index (Phi) is 2.66. The summed E-state index contributed by atoms with van der Waals surface area (Å²) in [6, 6.07) is 4.98. The van der Waals surface area contributed by atoms with Crippen molar-refractivity contribution in [1.82, 2.24) is 4.57 Å². The maximum Gasteiger partial charge on any atom is 0.222 e. The van der Waals surface area contributed by atoms with Crippen LogP contribution in [-0.2, 0) is 6.54 Å². The van der Waals surface area contributed by atoms with E-state index in [0.29, 0.717) is 22.5 Å². The molecule has 16 heavy (non-hydrogen) atoms. The molecule has 0 bridgehead atoms. The van der Waals surface area contributed by atoms with E-state index in [2.05, 4.69) is 11.8 Å². The summed E-state index contributed by atoms with van der Waals surface area (Å²) in [5.74, 6) is -0.160. The predicted octanol–water partition coefficient (Wildman–Crippen LogP) is 3.58. The molecule has 1 aromatic heterocycles. The van der Waals surface area contributed by atoms with E-state index in [0.717, 1.165) is 0 Å². The number of rotatable bonds is 3. The van der Waals surface area contributed by atoms with Gasteiger partial charge < -0.3 is 9.67 Å². The van der Waals surface area contributed by atoms with Crippen LogP contribution in [0, 0.1) is 4.91 Å². The largest absolute Gasteiger partial charge is 0.493 e. The Bertz CT molecular complexity index is 575. The second kappa shape index (κ2) is 3.98. The highest BCUT2D eigenvalue weighted by atomic mass is 35.5. The molecule has 1 aromatic carbocycles. The van der Waals surface area contributed by atoms with E-state index in [1.807, 2.05) is 0 Å². The van der Waals surface area contributed by atoms with E-state index in [-0.39, 0.29) is 11.6 Å². The number of nitroso groups, excluding NO2 is 1. The molecule has 0 amide bonds. The van der Waals surface area contributed by atoms with Crippen LogP contribution in [0.3, 0.4) is 0 Å². The van der Waals surface area contributed by atoms with Crippen molar-refractivity contribution in [3.8, 4) is 5.88 Å². The number of benzene rings is 1. The summed E-state index contributed by atoms with van der Waals surface area (Å²) in [6.07, 6.45) is 1.62. The van der Waals surface area contributed by atoms with Crippen LogP contribution < -0.4 is 0 Å². The molecule has 0 fully saturated rings. The summed E-state index contributed by atoms with van der Waals surface area (Å²) in [6.45, 7) is 3.97. The van der Waals surface area contributed by atoms with Gasteiger partial charge >= 0.3 is 0 Å². The van der Waals surface area contributed by atoms with E-state index in [1.165, 1.54) is 4.57 Å². The van der Waals surface area contributed by atoms with Gasteiger partial charge in [0.1, 0.15) is 0 Å². The standard InChI is InChI=1S/C11H9ClN2O2/c1-2-5-14-9-6-7(12)3-4-8(9)10(13-16)11(14)15/h2-4,6,15H,1,5H2. The number of fused-ring (bicyclic) bond motifs is 1. The van der Waals surface area contributed by atoms with Crippen molar-refractivity contribution < 1.29 is 5.11 Å². The molecular formula is C11H9ClN2O2. The van der Waals surface area contributed by atoms with E-state index in [9.17, 15) is 10.0 Å². The maximum atomic E-state index is 10.7. The molecule has 4 nitrogen and oxygen atoms in total. The molecule has 5 heteroatoms. The van der Waals surface area contributed by atoms with Gasteiger partial charge in [-0.2, -0.15) is 0 Å². The summed E-state index contributed by atoms with van der Waals surface area (Å²) in [4.78, 5) is 10.7. The quantitative estimate of drug-likeness (QED) is 0.654. The predicted molar refractivity (Wildman–Crippen MR) is 64.3 cm³/mol. The zero-order valence-electron chi connectivity index (χ0n) is 8.35. The molecule has 0 aliphatic carbocycles. The van der Waals surface area contributed by atoms with Crippen molar-refractivity contribution in [2.75, 3.05) is 0 Å². The van der Waals surface area contributed by atoms with Crippen molar-refractivity contribution in [2.45, 2.75) is 6.54 Å². The summed E-state index contributed by atoms with van der Waals surface area (Å²) in [7, 11) is 0. The number of hydrogen-bond acceptors (Lipinski definition) is 3. The van der Waals surface area contributed by atoms with Gasteiger partial charge in [-0.25, -0.2) is 0 Å². The smallest absolute Gasteiger partial charge is 0.222 e. The van der Waals surface area contributed by atoms with Crippen molar-refractivity contribution in [1.29, 1.82) is 0 Å². The van der Waals surface area contributed by atoms with Gasteiger partial charge in [0.2, 0.25) is 5.88 Å². The molecule has 0 atom stereocenters. The molecule has 1 N–H and O–H groups in total. The fourth-order valence-corrected chi connectivity index (χ4v) is 1.86. The number of aromatic nitrogens is 1. The summed E-state index contributed by atoms with van der Waals surface area (Å²) >= 11 is 5.87. The Labute approximate surface area is 96.7 Å². The molecule has 0 saturated carbocycles. The first-order valence-electron chi connectivity index (χ1n) is 4.64.